The Morgan fingerprint density at radius 3 is 2.70 bits per heavy atom. The van der Waals surface area contributed by atoms with Crippen molar-refractivity contribution >= 4 is 29.4 Å². The lowest BCUT2D eigenvalue weighted by atomic mass is 10.2. The molecule has 0 saturated heterocycles. The summed E-state index contributed by atoms with van der Waals surface area (Å²) in [5.41, 5.74) is 1.12. The van der Waals surface area contributed by atoms with Crippen molar-refractivity contribution < 1.29 is 9.21 Å². The van der Waals surface area contributed by atoms with Crippen LogP contribution in [0.5, 0.6) is 0 Å². The summed E-state index contributed by atoms with van der Waals surface area (Å²) in [4.78, 5) is 14.5. The maximum Gasteiger partial charge on any atom is 0.277 e. The molecule has 1 atom stereocenters. The molecule has 2 rings (SSSR count). The van der Waals surface area contributed by atoms with E-state index in [2.05, 4.69) is 10.2 Å². The predicted molar refractivity (Wildman–Crippen MR) is 94.4 cm³/mol. The molecule has 0 aliphatic rings. The fraction of sp³-hybridized carbons (Fsp3) is 0.438. The van der Waals surface area contributed by atoms with Gasteiger partial charge in [0, 0.05) is 13.1 Å². The third-order valence-corrected chi connectivity index (χ3v) is 4.71. The Labute approximate surface area is 145 Å². The Balaban J connectivity index is 1.96. The van der Waals surface area contributed by atoms with Crippen molar-refractivity contribution in [1.29, 1.82) is 0 Å². The summed E-state index contributed by atoms with van der Waals surface area (Å²) < 4.78 is 5.53. The molecule has 7 heteroatoms. The molecule has 0 fully saturated rings. The van der Waals surface area contributed by atoms with E-state index < -0.39 is 0 Å². The first-order chi connectivity index (χ1) is 11.1. The van der Waals surface area contributed by atoms with E-state index in [1.807, 2.05) is 55.3 Å². The Morgan fingerprint density at radius 2 is 2.04 bits per heavy atom. The van der Waals surface area contributed by atoms with E-state index in [9.17, 15) is 4.79 Å². The molecule has 0 aliphatic carbocycles. The van der Waals surface area contributed by atoms with Gasteiger partial charge in [-0.1, -0.05) is 42.1 Å². The fourth-order valence-electron chi connectivity index (χ4n) is 2.08. The zero-order valence-electron chi connectivity index (χ0n) is 13.6. The van der Waals surface area contributed by atoms with Crippen LogP contribution in [0.1, 0.15) is 25.3 Å². The van der Waals surface area contributed by atoms with Crippen LogP contribution in [0.3, 0.4) is 0 Å². The lowest BCUT2D eigenvalue weighted by Crippen LogP contribution is -2.35. The highest BCUT2D eigenvalue weighted by atomic mass is 32.2. The largest absolute Gasteiger partial charge is 0.415 e. The minimum absolute atomic E-state index is 0.0750. The molecule has 23 heavy (non-hydrogen) atoms. The monoisotopic (exact) mass is 351 g/mol. The van der Waals surface area contributed by atoms with E-state index in [1.54, 1.807) is 11.8 Å². The number of rotatable bonds is 8. The smallest absolute Gasteiger partial charge is 0.277 e. The summed E-state index contributed by atoms with van der Waals surface area (Å²) in [6.45, 7) is 5.14. The van der Waals surface area contributed by atoms with Crippen LogP contribution in [0.25, 0.3) is 0 Å². The number of hydrogen-bond acceptors (Lipinski definition) is 6. The fourth-order valence-corrected chi connectivity index (χ4v) is 3.22. The molecule has 5 nitrogen and oxygen atoms in total. The third kappa shape index (κ3) is 5.28. The van der Waals surface area contributed by atoms with Crippen LogP contribution >= 0.6 is 23.5 Å². The van der Waals surface area contributed by atoms with Gasteiger partial charge in [0.15, 0.2) is 0 Å². The first kappa shape index (κ1) is 17.9. The Kier molecular flexibility index (Phi) is 6.98. The quantitative estimate of drug-likeness (QED) is 0.679. The van der Waals surface area contributed by atoms with Crippen LogP contribution in [0, 0.1) is 0 Å². The van der Waals surface area contributed by atoms with E-state index in [-0.39, 0.29) is 11.2 Å². The van der Waals surface area contributed by atoms with Crippen LogP contribution in [-0.4, -0.2) is 39.1 Å². The van der Waals surface area contributed by atoms with Gasteiger partial charge < -0.3 is 9.32 Å². The number of amides is 1. The number of hydrogen-bond donors (Lipinski definition) is 0. The Morgan fingerprint density at radius 1 is 1.30 bits per heavy atom. The number of aromatic nitrogens is 2. The molecule has 0 saturated carbocycles. The minimum atomic E-state index is -0.263. The van der Waals surface area contributed by atoms with Gasteiger partial charge in [-0.15, -0.1) is 10.2 Å². The third-order valence-electron chi connectivity index (χ3n) is 3.25. The van der Waals surface area contributed by atoms with E-state index in [0.717, 1.165) is 5.56 Å². The molecule has 1 amide bonds. The van der Waals surface area contributed by atoms with Crippen LogP contribution in [-0.2, 0) is 17.1 Å². The summed E-state index contributed by atoms with van der Waals surface area (Å²) in [6.07, 6.45) is 1.98. The maximum absolute atomic E-state index is 12.6. The van der Waals surface area contributed by atoms with Crippen molar-refractivity contribution in [3.05, 3.63) is 41.8 Å². The summed E-state index contributed by atoms with van der Waals surface area (Å²) in [5, 5.41) is 8.14. The normalized spacial score (nSPS) is 12.1. The first-order valence-electron chi connectivity index (χ1n) is 7.44. The van der Waals surface area contributed by atoms with E-state index >= 15 is 0 Å². The van der Waals surface area contributed by atoms with Crippen molar-refractivity contribution in [1.82, 2.24) is 15.1 Å². The van der Waals surface area contributed by atoms with Crippen molar-refractivity contribution in [3.63, 3.8) is 0 Å². The second-order valence-electron chi connectivity index (χ2n) is 4.99. The van der Waals surface area contributed by atoms with E-state index in [4.69, 9.17) is 4.42 Å². The SMILES string of the molecule is CCN(Cc1ccccc1)C(=O)C(C)Sc1nnc(CSC)o1. The maximum atomic E-state index is 12.6. The molecular weight excluding hydrogens is 330 g/mol. The highest BCUT2D eigenvalue weighted by Gasteiger charge is 2.23. The van der Waals surface area contributed by atoms with Gasteiger partial charge in [0.2, 0.25) is 11.8 Å². The van der Waals surface area contributed by atoms with Crippen molar-refractivity contribution in [2.24, 2.45) is 0 Å². The van der Waals surface area contributed by atoms with Gasteiger partial charge >= 0.3 is 0 Å². The number of nitrogens with zero attached hydrogens (tertiary/aromatic N) is 3. The van der Waals surface area contributed by atoms with Gasteiger partial charge in [-0.3, -0.25) is 4.79 Å². The lowest BCUT2D eigenvalue weighted by Gasteiger charge is -2.23. The number of thioether (sulfide) groups is 2. The van der Waals surface area contributed by atoms with Crippen LogP contribution in [0.2, 0.25) is 0 Å². The first-order valence-corrected chi connectivity index (χ1v) is 9.72. The highest BCUT2D eigenvalue weighted by molar-refractivity contribution is 8.00. The van der Waals surface area contributed by atoms with Gasteiger partial charge in [-0.25, -0.2) is 0 Å². The molecule has 1 heterocycles. The average Bonchev–Trinajstić information content (AvgIpc) is 3.00. The minimum Gasteiger partial charge on any atom is -0.415 e. The summed E-state index contributed by atoms with van der Waals surface area (Å²) >= 11 is 2.93. The zero-order valence-corrected chi connectivity index (χ0v) is 15.2. The molecule has 0 radical (unpaired) electrons. The second kappa shape index (κ2) is 8.98. The summed E-state index contributed by atoms with van der Waals surface area (Å²) in [7, 11) is 0. The molecule has 124 valence electrons. The molecule has 0 N–H and O–H groups in total. The molecular formula is C16H21N3O2S2. The number of carbonyl (C=O) groups excluding carboxylic acids is 1. The molecule has 0 spiro atoms. The average molecular weight is 351 g/mol. The van der Waals surface area contributed by atoms with Crippen LogP contribution in [0.15, 0.2) is 40.0 Å². The molecule has 1 unspecified atom stereocenters. The second-order valence-corrected chi connectivity index (χ2v) is 7.15. The van der Waals surface area contributed by atoms with Gasteiger partial charge in [0.1, 0.15) is 0 Å². The summed E-state index contributed by atoms with van der Waals surface area (Å²) in [5.74, 6) is 1.35. The van der Waals surface area contributed by atoms with Gasteiger partial charge in [0.05, 0.1) is 11.0 Å². The van der Waals surface area contributed by atoms with Gasteiger partial charge in [0.25, 0.3) is 5.22 Å². The van der Waals surface area contributed by atoms with Gasteiger partial charge in [-0.2, -0.15) is 11.8 Å². The molecule has 0 bridgehead atoms. The standard InChI is InChI=1S/C16H21N3O2S2/c1-4-19(10-13-8-6-5-7-9-13)15(20)12(2)23-16-18-17-14(21-16)11-22-3/h5-9,12H,4,10-11H2,1-3H3. The van der Waals surface area contributed by atoms with Crippen LogP contribution in [0.4, 0.5) is 0 Å². The predicted octanol–water partition coefficient (Wildman–Crippen LogP) is 3.46. The zero-order chi connectivity index (χ0) is 16.7. The van der Waals surface area contributed by atoms with E-state index in [1.165, 1.54) is 11.8 Å². The highest BCUT2D eigenvalue weighted by Crippen LogP contribution is 2.24. The Hall–Kier alpha value is -1.47. The molecule has 2 aromatic rings. The topological polar surface area (TPSA) is 59.2 Å². The van der Waals surface area contributed by atoms with Crippen molar-refractivity contribution in [2.45, 2.75) is 36.6 Å². The number of carbonyl (C=O) groups is 1. The van der Waals surface area contributed by atoms with Crippen LogP contribution < -0.4 is 0 Å². The summed E-state index contributed by atoms with van der Waals surface area (Å²) in [6, 6.07) is 10.00. The number of benzene rings is 1. The van der Waals surface area contributed by atoms with Crippen molar-refractivity contribution in [3.8, 4) is 0 Å². The Bertz CT molecular complexity index is 619. The van der Waals surface area contributed by atoms with Gasteiger partial charge in [-0.05, 0) is 25.7 Å². The van der Waals surface area contributed by atoms with E-state index in [0.29, 0.717) is 30.0 Å². The molecule has 1 aromatic carbocycles. The van der Waals surface area contributed by atoms with Crippen molar-refractivity contribution in [2.75, 3.05) is 12.8 Å². The molecule has 0 aliphatic heterocycles. The lowest BCUT2D eigenvalue weighted by molar-refractivity contribution is -0.130. The molecule has 1 aromatic heterocycles.